The van der Waals surface area contributed by atoms with Gasteiger partial charge in [0, 0.05) is 11.4 Å². The predicted molar refractivity (Wildman–Crippen MR) is 53.8 cm³/mol. The van der Waals surface area contributed by atoms with Crippen LogP contribution in [0.3, 0.4) is 0 Å². The Balaban J connectivity index is 3.26. The van der Waals surface area contributed by atoms with Crippen LogP contribution in [0.25, 0.3) is 5.57 Å². The van der Waals surface area contributed by atoms with Gasteiger partial charge in [-0.25, -0.2) is 8.78 Å². The summed E-state index contributed by atoms with van der Waals surface area (Å²) in [4.78, 5) is 0. The van der Waals surface area contributed by atoms with Crippen molar-refractivity contribution in [3.63, 3.8) is 0 Å². The molecule has 0 bridgehead atoms. The van der Waals surface area contributed by atoms with E-state index in [9.17, 15) is 8.78 Å². The Morgan fingerprint density at radius 2 is 2.08 bits per heavy atom. The van der Waals surface area contributed by atoms with Crippen LogP contribution in [-0.4, -0.2) is 5.88 Å². The molecule has 1 aromatic rings. The van der Waals surface area contributed by atoms with Gasteiger partial charge in [0.25, 0.3) is 0 Å². The Bertz CT molecular complexity index is 350. The SMILES string of the molecule is C=C(CCl)c1ccc(F)c(Br)c1F. The molecule has 0 N–H and O–H groups in total. The van der Waals surface area contributed by atoms with Gasteiger partial charge in [-0.15, -0.1) is 11.6 Å². The fourth-order valence-corrected chi connectivity index (χ4v) is 1.36. The first-order valence-corrected chi connectivity index (χ1v) is 4.78. The van der Waals surface area contributed by atoms with Gasteiger partial charge in [-0.1, -0.05) is 6.58 Å². The molecule has 0 nitrogen and oxygen atoms in total. The van der Waals surface area contributed by atoms with Crippen LogP contribution in [0, 0.1) is 11.6 Å². The zero-order valence-corrected chi connectivity index (χ0v) is 8.92. The summed E-state index contributed by atoms with van der Waals surface area (Å²) >= 11 is 8.27. The monoisotopic (exact) mass is 266 g/mol. The Kier molecular flexibility index (Phi) is 3.45. The number of rotatable bonds is 2. The van der Waals surface area contributed by atoms with Crippen LogP contribution in [0.2, 0.25) is 0 Å². The third-order valence-corrected chi connectivity index (χ3v) is 2.63. The van der Waals surface area contributed by atoms with E-state index in [0.717, 1.165) is 0 Å². The molecule has 0 saturated heterocycles. The molecule has 0 heterocycles. The maximum atomic E-state index is 13.3. The van der Waals surface area contributed by atoms with Crippen LogP contribution >= 0.6 is 27.5 Å². The van der Waals surface area contributed by atoms with Crippen LogP contribution in [0.4, 0.5) is 8.78 Å². The van der Waals surface area contributed by atoms with Crippen molar-refractivity contribution in [1.29, 1.82) is 0 Å². The van der Waals surface area contributed by atoms with Crippen molar-refractivity contribution < 1.29 is 8.78 Å². The van der Waals surface area contributed by atoms with Crippen molar-refractivity contribution in [2.45, 2.75) is 0 Å². The molecule has 0 aliphatic rings. The molecule has 0 amide bonds. The molecule has 0 aliphatic heterocycles. The standard InChI is InChI=1S/C9H6BrClF2/c1-5(4-11)6-2-3-7(12)8(10)9(6)13/h2-3H,1,4H2. The van der Waals surface area contributed by atoms with Crippen LogP contribution in [0.5, 0.6) is 0 Å². The van der Waals surface area contributed by atoms with Gasteiger partial charge < -0.3 is 0 Å². The van der Waals surface area contributed by atoms with Gasteiger partial charge in [0.15, 0.2) is 0 Å². The first-order chi connectivity index (χ1) is 6.07. The minimum Gasteiger partial charge on any atom is -0.206 e. The molecule has 0 radical (unpaired) electrons. The molecule has 4 heteroatoms. The number of benzene rings is 1. The highest BCUT2D eigenvalue weighted by atomic mass is 79.9. The van der Waals surface area contributed by atoms with Gasteiger partial charge in [-0.3, -0.25) is 0 Å². The number of hydrogen-bond donors (Lipinski definition) is 0. The summed E-state index contributed by atoms with van der Waals surface area (Å²) < 4.78 is 25.9. The van der Waals surface area contributed by atoms with Crippen LogP contribution < -0.4 is 0 Å². The van der Waals surface area contributed by atoms with E-state index in [1.54, 1.807) is 0 Å². The maximum Gasteiger partial charge on any atom is 0.147 e. The summed E-state index contributed by atoms with van der Waals surface area (Å²) in [5, 5.41) is 0. The molecule has 0 unspecified atom stereocenters. The highest BCUT2D eigenvalue weighted by molar-refractivity contribution is 9.10. The molecule has 0 spiro atoms. The molecule has 0 aliphatic carbocycles. The minimum atomic E-state index is -0.661. The molecule has 0 atom stereocenters. The molecule has 0 saturated carbocycles. The predicted octanol–water partition coefficient (Wildman–Crippen LogP) is 3.98. The van der Waals surface area contributed by atoms with Gasteiger partial charge in [-0.2, -0.15) is 0 Å². The summed E-state index contributed by atoms with van der Waals surface area (Å²) in [6.45, 7) is 3.56. The average Bonchev–Trinajstić information content (AvgIpc) is 2.13. The maximum absolute atomic E-state index is 13.3. The van der Waals surface area contributed by atoms with E-state index in [0.29, 0.717) is 5.57 Å². The molecule has 0 fully saturated rings. The van der Waals surface area contributed by atoms with Gasteiger partial charge in [0.1, 0.15) is 11.6 Å². The highest BCUT2D eigenvalue weighted by Gasteiger charge is 2.12. The summed E-state index contributed by atoms with van der Waals surface area (Å²) in [5.41, 5.74) is 0.670. The van der Waals surface area contributed by atoms with Gasteiger partial charge in [0.2, 0.25) is 0 Å². The summed E-state index contributed by atoms with van der Waals surface area (Å²) in [6, 6.07) is 2.49. The lowest BCUT2D eigenvalue weighted by Gasteiger charge is -2.05. The largest absolute Gasteiger partial charge is 0.206 e. The van der Waals surface area contributed by atoms with Gasteiger partial charge >= 0.3 is 0 Å². The Morgan fingerprint density at radius 3 is 2.62 bits per heavy atom. The van der Waals surface area contributed by atoms with E-state index in [1.807, 2.05) is 0 Å². The Hall–Kier alpha value is -0.410. The summed E-state index contributed by atoms with van der Waals surface area (Å²) in [7, 11) is 0. The summed E-state index contributed by atoms with van der Waals surface area (Å²) in [5.74, 6) is -1.18. The molecule has 13 heavy (non-hydrogen) atoms. The van der Waals surface area contributed by atoms with Crippen molar-refractivity contribution in [2.75, 3.05) is 5.88 Å². The van der Waals surface area contributed by atoms with Crippen molar-refractivity contribution in [3.05, 3.63) is 40.4 Å². The topological polar surface area (TPSA) is 0 Å². The Morgan fingerprint density at radius 1 is 1.46 bits per heavy atom. The molecule has 1 rings (SSSR count). The van der Waals surface area contributed by atoms with Crippen LogP contribution in [0.15, 0.2) is 23.2 Å². The van der Waals surface area contributed by atoms with Crippen molar-refractivity contribution in [3.8, 4) is 0 Å². The molecule has 70 valence electrons. The van der Waals surface area contributed by atoms with Crippen LogP contribution in [-0.2, 0) is 0 Å². The quantitative estimate of drug-likeness (QED) is 0.562. The zero-order chi connectivity index (χ0) is 10.0. The normalized spacial score (nSPS) is 10.2. The number of allylic oxidation sites excluding steroid dienone is 1. The second-order valence-electron chi connectivity index (χ2n) is 2.46. The van der Waals surface area contributed by atoms with E-state index >= 15 is 0 Å². The molecular formula is C9H6BrClF2. The third kappa shape index (κ3) is 2.09. The smallest absolute Gasteiger partial charge is 0.147 e. The van der Waals surface area contributed by atoms with E-state index in [2.05, 4.69) is 22.5 Å². The second kappa shape index (κ2) is 4.20. The first-order valence-electron chi connectivity index (χ1n) is 3.45. The van der Waals surface area contributed by atoms with E-state index in [1.165, 1.54) is 12.1 Å². The lowest BCUT2D eigenvalue weighted by atomic mass is 10.1. The third-order valence-electron chi connectivity index (χ3n) is 1.58. The lowest BCUT2D eigenvalue weighted by molar-refractivity contribution is 0.569. The van der Waals surface area contributed by atoms with E-state index in [4.69, 9.17) is 11.6 Å². The van der Waals surface area contributed by atoms with Gasteiger partial charge in [0.05, 0.1) is 4.47 Å². The highest BCUT2D eigenvalue weighted by Crippen LogP contribution is 2.26. The second-order valence-corrected chi connectivity index (χ2v) is 3.52. The molecule has 0 aromatic heterocycles. The first kappa shape index (κ1) is 10.7. The minimum absolute atomic E-state index is 0.120. The number of alkyl halides is 1. The summed E-state index contributed by atoms with van der Waals surface area (Å²) in [6.07, 6.45) is 0. The van der Waals surface area contributed by atoms with Crippen LogP contribution in [0.1, 0.15) is 5.56 Å². The van der Waals surface area contributed by atoms with Gasteiger partial charge in [-0.05, 0) is 33.6 Å². The van der Waals surface area contributed by atoms with E-state index < -0.39 is 11.6 Å². The molecule has 1 aromatic carbocycles. The van der Waals surface area contributed by atoms with E-state index in [-0.39, 0.29) is 15.9 Å². The van der Waals surface area contributed by atoms with Crippen molar-refractivity contribution >= 4 is 33.1 Å². The average molecular weight is 267 g/mol. The van der Waals surface area contributed by atoms with Crippen molar-refractivity contribution in [1.82, 2.24) is 0 Å². The Labute approximate surface area is 88.3 Å². The van der Waals surface area contributed by atoms with Crippen molar-refractivity contribution in [2.24, 2.45) is 0 Å². The number of hydrogen-bond acceptors (Lipinski definition) is 0. The zero-order valence-electron chi connectivity index (χ0n) is 6.58. The molecular weight excluding hydrogens is 261 g/mol. The lowest BCUT2D eigenvalue weighted by Crippen LogP contribution is -1.93. The fourth-order valence-electron chi connectivity index (χ4n) is 0.871. The fraction of sp³-hybridized carbons (Fsp3) is 0.111. The number of halogens is 4.